The third-order valence-electron chi connectivity index (χ3n) is 6.58. The normalized spacial score (nSPS) is 14.8. The predicted molar refractivity (Wildman–Crippen MR) is 150 cm³/mol. The summed E-state index contributed by atoms with van der Waals surface area (Å²) in [6.07, 6.45) is 1.66. The number of hydrogen-bond acceptors (Lipinski definition) is 7. The fourth-order valence-corrected chi connectivity index (χ4v) is 5.70. The van der Waals surface area contributed by atoms with E-state index in [0.29, 0.717) is 37.5 Å². The molecule has 7 nitrogen and oxygen atoms in total. The highest BCUT2D eigenvalue weighted by Gasteiger charge is 2.33. The number of halogens is 3. The third kappa shape index (κ3) is 5.73. The van der Waals surface area contributed by atoms with Gasteiger partial charge in [-0.05, 0) is 67.4 Å². The summed E-state index contributed by atoms with van der Waals surface area (Å²) in [4.78, 5) is 31.7. The Bertz CT molecular complexity index is 1880. The van der Waals surface area contributed by atoms with E-state index in [-0.39, 0.29) is 24.5 Å². The summed E-state index contributed by atoms with van der Waals surface area (Å²) >= 11 is 1.14. The van der Waals surface area contributed by atoms with Crippen LogP contribution in [0.25, 0.3) is 6.08 Å². The summed E-state index contributed by atoms with van der Waals surface area (Å²) in [6.45, 7) is 3.40. The van der Waals surface area contributed by atoms with E-state index in [1.54, 1.807) is 38.1 Å². The highest BCUT2D eigenvalue weighted by molar-refractivity contribution is 7.07. The van der Waals surface area contributed by atoms with Crippen molar-refractivity contribution in [3.05, 3.63) is 126 Å². The van der Waals surface area contributed by atoms with Gasteiger partial charge in [0.05, 0.1) is 35.6 Å². The van der Waals surface area contributed by atoms with Crippen LogP contribution in [0.1, 0.15) is 36.6 Å². The molecule has 0 aliphatic carbocycles. The van der Waals surface area contributed by atoms with Gasteiger partial charge in [0.15, 0.2) is 16.4 Å². The van der Waals surface area contributed by atoms with Crippen molar-refractivity contribution < 1.29 is 32.2 Å². The molecular weight excluding hydrogens is 569 g/mol. The van der Waals surface area contributed by atoms with Gasteiger partial charge in [0.2, 0.25) is 0 Å². The van der Waals surface area contributed by atoms with Gasteiger partial charge in [0.1, 0.15) is 24.0 Å². The Labute approximate surface area is 242 Å². The molecule has 4 aromatic rings. The Kier molecular flexibility index (Phi) is 8.30. The molecule has 11 heteroatoms. The van der Waals surface area contributed by atoms with E-state index in [4.69, 9.17) is 14.2 Å². The number of hydrogen-bond donors (Lipinski definition) is 0. The first-order valence-corrected chi connectivity index (χ1v) is 13.7. The molecule has 0 amide bonds. The molecule has 0 saturated heterocycles. The van der Waals surface area contributed by atoms with E-state index in [1.165, 1.54) is 42.0 Å². The van der Waals surface area contributed by atoms with Crippen LogP contribution >= 0.6 is 11.3 Å². The number of fused-ring (bicyclic) bond motifs is 1. The average molecular weight is 595 g/mol. The maximum Gasteiger partial charge on any atom is 0.338 e. The van der Waals surface area contributed by atoms with Crippen molar-refractivity contribution >= 4 is 23.4 Å². The number of aromatic nitrogens is 1. The highest BCUT2D eigenvalue weighted by atomic mass is 32.1. The van der Waals surface area contributed by atoms with Crippen LogP contribution in [0.4, 0.5) is 13.2 Å². The summed E-state index contributed by atoms with van der Waals surface area (Å²) in [5.74, 6) is -2.26. The lowest BCUT2D eigenvalue weighted by Crippen LogP contribution is -2.39. The number of allylic oxidation sites excluding steroid dienone is 1. The highest BCUT2D eigenvalue weighted by Crippen LogP contribution is 2.31. The minimum atomic E-state index is -0.867. The van der Waals surface area contributed by atoms with Gasteiger partial charge in [-0.25, -0.2) is 23.0 Å². The van der Waals surface area contributed by atoms with Crippen LogP contribution in [0, 0.1) is 17.5 Å². The Morgan fingerprint density at radius 1 is 1.02 bits per heavy atom. The second kappa shape index (κ2) is 12.1. The van der Waals surface area contributed by atoms with Crippen molar-refractivity contribution in [2.75, 3.05) is 13.7 Å². The Hall–Kier alpha value is -4.64. The summed E-state index contributed by atoms with van der Waals surface area (Å²) in [5.41, 5.74) is 1.90. The zero-order valence-corrected chi connectivity index (χ0v) is 23.6. The van der Waals surface area contributed by atoms with Gasteiger partial charge in [-0.15, -0.1) is 0 Å². The second-order valence-electron chi connectivity index (χ2n) is 9.29. The summed E-state index contributed by atoms with van der Waals surface area (Å²) in [5, 5.41) is 0. The smallest absolute Gasteiger partial charge is 0.338 e. The molecule has 0 N–H and O–H groups in total. The Balaban J connectivity index is 1.57. The second-order valence-corrected chi connectivity index (χ2v) is 10.3. The Morgan fingerprint density at radius 2 is 1.74 bits per heavy atom. The van der Waals surface area contributed by atoms with Gasteiger partial charge in [-0.3, -0.25) is 9.36 Å². The molecule has 2 heterocycles. The van der Waals surface area contributed by atoms with Gasteiger partial charge in [0.25, 0.3) is 5.56 Å². The van der Waals surface area contributed by atoms with Crippen LogP contribution in [-0.2, 0) is 16.1 Å². The maximum atomic E-state index is 14.1. The maximum absolute atomic E-state index is 14.1. The van der Waals surface area contributed by atoms with Gasteiger partial charge in [0, 0.05) is 11.6 Å². The molecule has 0 fully saturated rings. The average Bonchev–Trinajstić information content (AvgIpc) is 3.26. The van der Waals surface area contributed by atoms with E-state index in [2.05, 4.69) is 4.99 Å². The molecule has 0 saturated carbocycles. The zero-order valence-electron chi connectivity index (χ0n) is 22.8. The lowest BCUT2D eigenvalue weighted by molar-refractivity contribution is -0.139. The molecule has 5 rings (SSSR count). The first-order chi connectivity index (χ1) is 20.2. The minimum Gasteiger partial charge on any atom is -0.496 e. The number of carbonyl (C=O) groups excluding carboxylic acids is 1. The van der Waals surface area contributed by atoms with Gasteiger partial charge in [-0.1, -0.05) is 29.5 Å². The van der Waals surface area contributed by atoms with E-state index in [9.17, 15) is 22.8 Å². The molecule has 216 valence electrons. The molecule has 1 aromatic heterocycles. The van der Waals surface area contributed by atoms with Crippen LogP contribution in [0.3, 0.4) is 0 Å². The number of methoxy groups -OCH3 is 1. The van der Waals surface area contributed by atoms with E-state index >= 15 is 0 Å². The SMILES string of the molecule is CCOC(=O)C1=C(C)N=c2s/c(=C/c3ccc(OC)c(COc4ccc(F)cc4F)c3)c(=O)n2C1c1ccc(F)cc1. The molecule has 0 radical (unpaired) electrons. The van der Waals surface area contributed by atoms with Gasteiger partial charge < -0.3 is 14.2 Å². The van der Waals surface area contributed by atoms with E-state index < -0.39 is 35.0 Å². The fourth-order valence-electron chi connectivity index (χ4n) is 4.65. The summed E-state index contributed by atoms with van der Waals surface area (Å²) < 4.78 is 59.1. The van der Waals surface area contributed by atoms with Crippen molar-refractivity contribution in [1.29, 1.82) is 0 Å². The van der Waals surface area contributed by atoms with Crippen LogP contribution in [0.5, 0.6) is 11.5 Å². The summed E-state index contributed by atoms with van der Waals surface area (Å²) in [6, 6.07) is 12.9. The van der Waals surface area contributed by atoms with Gasteiger partial charge >= 0.3 is 5.97 Å². The fraction of sp³-hybridized carbons (Fsp3) is 0.194. The van der Waals surface area contributed by atoms with Gasteiger partial charge in [-0.2, -0.15) is 0 Å². The van der Waals surface area contributed by atoms with Crippen molar-refractivity contribution in [2.45, 2.75) is 26.5 Å². The van der Waals surface area contributed by atoms with Crippen molar-refractivity contribution in [1.82, 2.24) is 4.57 Å². The molecule has 1 unspecified atom stereocenters. The molecule has 3 aromatic carbocycles. The van der Waals surface area contributed by atoms with Crippen LogP contribution in [0.15, 0.2) is 81.7 Å². The molecular formula is C31H25F3N2O5S. The number of nitrogens with zero attached hydrogens (tertiary/aromatic N) is 2. The lowest BCUT2D eigenvalue weighted by atomic mass is 9.96. The first-order valence-electron chi connectivity index (χ1n) is 12.9. The van der Waals surface area contributed by atoms with Crippen LogP contribution in [0.2, 0.25) is 0 Å². The van der Waals surface area contributed by atoms with E-state index in [1.807, 2.05) is 0 Å². The molecule has 1 atom stereocenters. The van der Waals surface area contributed by atoms with Crippen LogP contribution < -0.4 is 24.4 Å². The predicted octanol–water partition coefficient (Wildman–Crippen LogP) is 4.80. The number of carbonyl (C=O) groups is 1. The number of ether oxygens (including phenoxy) is 3. The van der Waals surface area contributed by atoms with Crippen molar-refractivity contribution in [2.24, 2.45) is 4.99 Å². The molecule has 1 aliphatic rings. The standard InChI is InChI=1S/C31H25F3N2O5S/c1-4-40-30(38)27-17(2)35-31-36(28(27)19-6-8-21(32)9-7-19)29(37)26(42-31)14-18-5-11-24(39-3)20(13-18)16-41-25-12-10-22(33)15-23(25)34/h5-15,28H,4,16H2,1-3H3/b26-14+. The lowest BCUT2D eigenvalue weighted by Gasteiger charge is -2.24. The molecule has 42 heavy (non-hydrogen) atoms. The third-order valence-corrected chi connectivity index (χ3v) is 7.57. The van der Waals surface area contributed by atoms with Crippen molar-refractivity contribution in [3.63, 3.8) is 0 Å². The topological polar surface area (TPSA) is 79.1 Å². The zero-order chi connectivity index (χ0) is 30.0. The monoisotopic (exact) mass is 594 g/mol. The number of thiazole rings is 1. The number of esters is 1. The van der Waals surface area contributed by atoms with E-state index in [0.717, 1.165) is 23.5 Å². The first kappa shape index (κ1) is 28.9. The summed E-state index contributed by atoms with van der Waals surface area (Å²) in [7, 11) is 1.48. The van der Waals surface area contributed by atoms with Crippen molar-refractivity contribution in [3.8, 4) is 11.5 Å². The molecule has 1 aliphatic heterocycles. The largest absolute Gasteiger partial charge is 0.496 e. The minimum absolute atomic E-state index is 0.0820. The Morgan fingerprint density at radius 3 is 2.43 bits per heavy atom. The molecule has 0 spiro atoms. The molecule has 0 bridgehead atoms. The quantitative estimate of drug-likeness (QED) is 0.274. The van der Waals surface area contributed by atoms with Crippen LogP contribution in [-0.4, -0.2) is 24.3 Å². The number of benzene rings is 3. The number of rotatable bonds is 8.